The molecule has 296 valence electrons. The van der Waals surface area contributed by atoms with Gasteiger partial charge >= 0.3 is 11.9 Å². The van der Waals surface area contributed by atoms with Gasteiger partial charge in [0.1, 0.15) is 19.3 Å². The molecule has 0 saturated carbocycles. The van der Waals surface area contributed by atoms with Gasteiger partial charge in [0.2, 0.25) is 23.6 Å². The Morgan fingerprint density at radius 3 is 1.45 bits per heavy atom. The van der Waals surface area contributed by atoms with E-state index in [1.165, 1.54) is 12.8 Å². The van der Waals surface area contributed by atoms with Crippen LogP contribution in [0.1, 0.15) is 110 Å². The summed E-state index contributed by atoms with van der Waals surface area (Å²) in [6.45, 7) is 4.13. The molecule has 0 aliphatic carbocycles. The highest BCUT2D eigenvalue weighted by molar-refractivity contribution is 5.85. The molecule has 0 aromatic carbocycles. The Hall–Kier alpha value is -3.34. The van der Waals surface area contributed by atoms with Crippen LogP contribution in [0.5, 0.6) is 0 Å². The number of carboxylic acids is 2. The van der Waals surface area contributed by atoms with E-state index in [9.17, 15) is 33.9 Å². The maximum absolute atomic E-state index is 12.1. The molecule has 1 unspecified atom stereocenters. The van der Waals surface area contributed by atoms with E-state index in [1.807, 2.05) is 6.92 Å². The first kappa shape index (κ1) is 47.7. The summed E-state index contributed by atoms with van der Waals surface area (Å²) in [6, 6.07) is -1.25. The van der Waals surface area contributed by atoms with Crippen LogP contribution in [-0.4, -0.2) is 124 Å². The quantitative estimate of drug-likeness (QED) is 0.0506. The van der Waals surface area contributed by atoms with Gasteiger partial charge in [-0.1, -0.05) is 64.7 Å². The molecule has 0 fully saturated rings. The largest absolute Gasteiger partial charge is 0.481 e. The zero-order valence-corrected chi connectivity index (χ0v) is 30.6. The average molecular weight is 733 g/mol. The minimum atomic E-state index is -1.27. The summed E-state index contributed by atoms with van der Waals surface area (Å²) in [6.07, 6.45) is 12.8. The smallest absolute Gasteiger partial charge is 0.326 e. The lowest BCUT2D eigenvalue weighted by Crippen LogP contribution is -2.43. The lowest BCUT2D eigenvalue weighted by atomic mass is 10.1. The predicted octanol–water partition coefficient (Wildman–Crippen LogP) is 2.32. The van der Waals surface area contributed by atoms with E-state index in [0.717, 1.165) is 64.2 Å². The number of hydrogen-bond donors (Lipinski definition) is 6. The molecule has 0 rings (SSSR count). The zero-order valence-electron chi connectivity index (χ0n) is 30.6. The van der Waals surface area contributed by atoms with Crippen LogP contribution < -0.4 is 21.3 Å². The number of unbranched alkanes of at least 4 members (excludes halogenated alkanes) is 10. The third-order valence-electron chi connectivity index (χ3n) is 7.54. The van der Waals surface area contributed by atoms with Crippen LogP contribution in [0.2, 0.25) is 0 Å². The van der Waals surface area contributed by atoms with Gasteiger partial charge in [0.25, 0.3) is 0 Å². The van der Waals surface area contributed by atoms with Crippen molar-refractivity contribution in [2.45, 2.75) is 116 Å². The van der Waals surface area contributed by atoms with E-state index < -0.39 is 23.9 Å². The molecular formula is C35H64N4O12. The minimum absolute atomic E-state index is 0.0222. The van der Waals surface area contributed by atoms with Gasteiger partial charge in [0, 0.05) is 38.9 Å². The summed E-state index contributed by atoms with van der Waals surface area (Å²) < 4.78 is 21.2. The molecule has 6 N–H and O–H groups in total. The average Bonchev–Trinajstić information content (AvgIpc) is 3.09. The van der Waals surface area contributed by atoms with Gasteiger partial charge in [-0.3, -0.25) is 24.0 Å². The second-order valence-corrected chi connectivity index (χ2v) is 12.2. The molecule has 0 aliphatic heterocycles. The third-order valence-corrected chi connectivity index (χ3v) is 7.54. The zero-order chi connectivity index (χ0) is 37.8. The first-order valence-corrected chi connectivity index (χ1v) is 18.5. The van der Waals surface area contributed by atoms with Crippen molar-refractivity contribution in [1.29, 1.82) is 0 Å². The van der Waals surface area contributed by atoms with E-state index in [1.54, 1.807) is 0 Å². The van der Waals surface area contributed by atoms with Crippen molar-refractivity contribution < 1.29 is 57.9 Å². The summed E-state index contributed by atoms with van der Waals surface area (Å²) in [5.41, 5.74) is 0. The molecule has 0 saturated heterocycles. The van der Waals surface area contributed by atoms with Gasteiger partial charge in [-0.15, -0.1) is 0 Å². The molecule has 0 bridgehead atoms. The number of aliphatic carboxylic acids is 2. The van der Waals surface area contributed by atoms with E-state index >= 15 is 0 Å². The van der Waals surface area contributed by atoms with E-state index in [0.29, 0.717) is 26.1 Å². The molecule has 0 aliphatic rings. The molecular weight excluding hydrogens is 668 g/mol. The van der Waals surface area contributed by atoms with Crippen LogP contribution in [0.15, 0.2) is 0 Å². The van der Waals surface area contributed by atoms with Gasteiger partial charge in [-0.2, -0.15) is 0 Å². The first-order valence-electron chi connectivity index (χ1n) is 18.5. The number of carbonyl (C=O) groups excluding carboxylic acids is 4. The summed E-state index contributed by atoms with van der Waals surface area (Å²) in [5.74, 6) is -3.21. The Morgan fingerprint density at radius 2 is 0.941 bits per heavy atom. The van der Waals surface area contributed by atoms with Gasteiger partial charge in [0.15, 0.2) is 0 Å². The van der Waals surface area contributed by atoms with Crippen LogP contribution in [0.25, 0.3) is 0 Å². The molecule has 0 aromatic heterocycles. The molecule has 0 spiro atoms. The van der Waals surface area contributed by atoms with E-state index in [4.69, 9.17) is 24.1 Å². The van der Waals surface area contributed by atoms with E-state index in [2.05, 4.69) is 21.3 Å². The van der Waals surface area contributed by atoms with Crippen molar-refractivity contribution in [2.24, 2.45) is 0 Å². The molecule has 1 atom stereocenters. The summed E-state index contributed by atoms with van der Waals surface area (Å²) in [7, 11) is 0. The monoisotopic (exact) mass is 732 g/mol. The molecule has 16 nitrogen and oxygen atoms in total. The van der Waals surface area contributed by atoms with Crippen molar-refractivity contribution >= 4 is 35.6 Å². The Bertz CT molecular complexity index is 954. The number of nitrogens with one attached hydrogen (secondary N) is 4. The molecule has 0 heterocycles. The van der Waals surface area contributed by atoms with Crippen LogP contribution in [0.3, 0.4) is 0 Å². The highest BCUT2D eigenvalue weighted by atomic mass is 16.5. The lowest BCUT2D eigenvalue weighted by molar-refractivity contribution is -0.143. The van der Waals surface area contributed by atoms with Crippen LogP contribution in [0, 0.1) is 0 Å². The number of ether oxygens (including phenoxy) is 4. The molecule has 4 amide bonds. The van der Waals surface area contributed by atoms with Crippen molar-refractivity contribution in [1.82, 2.24) is 21.3 Å². The summed E-state index contributed by atoms with van der Waals surface area (Å²) in [5, 5.41) is 28.5. The Morgan fingerprint density at radius 1 is 0.490 bits per heavy atom. The topological polar surface area (TPSA) is 228 Å². The van der Waals surface area contributed by atoms with Crippen molar-refractivity contribution in [3.05, 3.63) is 0 Å². The Balaban J connectivity index is 3.68. The lowest BCUT2D eigenvalue weighted by Gasteiger charge is -2.14. The maximum atomic E-state index is 12.1. The summed E-state index contributed by atoms with van der Waals surface area (Å²) >= 11 is 0. The van der Waals surface area contributed by atoms with Gasteiger partial charge in [-0.25, -0.2) is 4.79 Å². The van der Waals surface area contributed by atoms with E-state index in [-0.39, 0.29) is 89.8 Å². The first-order chi connectivity index (χ1) is 24.6. The van der Waals surface area contributed by atoms with Crippen LogP contribution >= 0.6 is 0 Å². The van der Waals surface area contributed by atoms with Crippen molar-refractivity contribution in [2.75, 3.05) is 72.5 Å². The number of rotatable bonds is 37. The van der Waals surface area contributed by atoms with Gasteiger partial charge in [-0.05, 0) is 25.7 Å². The second-order valence-electron chi connectivity index (χ2n) is 12.2. The normalized spacial score (nSPS) is 11.5. The van der Waals surface area contributed by atoms with Gasteiger partial charge in [0.05, 0.1) is 39.6 Å². The number of amides is 4. The summed E-state index contributed by atoms with van der Waals surface area (Å²) in [4.78, 5) is 69.7. The Labute approximate surface area is 302 Å². The van der Waals surface area contributed by atoms with Crippen LogP contribution in [-0.2, 0) is 47.7 Å². The van der Waals surface area contributed by atoms with Crippen molar-refractivity contribution in [3.8, 4) is 0 Å². The van der Waals surface area contributed by atoms with Crippen molar-refractivity contribution in [3.63, 3.8) is 0 Å². The molecule has 0 aromatic rings. The third kappa shape index (κ3) is 34.9. The minimum Gasteiger partial charge on any atom is -0.481 e. The fraction of sp³-hybridized carbons (Fsp3) is 0.829. The highest BCUT2D eigenvalue weighted by Gasteiger charge is 2.21. The standard InChI is InChI=1S/C35H64N4O12/c1-2-3-18-36-32(42)27-50-25-23-49-22-20-38-31(41)17-16-29(35(46)47)39-33(43)28-51-26-24-48-21-19-37-30(40)14-12-10-8-6-4-5-7-9-11-13-15-34(44)45/h29H,2-28H2,1H3,(H,36,42)(H,37,40)(H,38,41)(H,39,43)(H,44,45)(H,46,47). The predicted molar refractivity (Wildman–Crippen MR) is 189 cm³/mol. The van der Waals surface area contributed by atoms with Gasteiger partial charge < -0.3 is 50.4 Å². The molecule has 51 heavy (non-hydrogen) atoms. The molecule has 0 radical (unpaired) electrons. The SMILES string of the molecule is CCCCNC(=O)COCCOCCNC(=O)CCC(NC(=O)COCCOCCNC(=O)CCCCCCCCCCCCC(=O)O)C(=O)O. The number of carbonyl (C=O) groups is 6. The number of carboxylic acid groups (broad SMARTS) is 2. The second kappa shape index (κ2) is 35.1. The number of hydrogen-bond acceptors (Lipinski definition) is 10. The highest BCUT2D eigenvalue weighted by Crippen LogP contribution is 2.12. The Kier molecular flexibility index (Phi) is 32.8. The van der Waals surface area contributed by atoms with Crippen LogP contribution in [0.4, 0.5) is 0 Å². The fourth-order valence-electron chi connectivity index (χ4n) is 4.67. The molecule has 16 heteroatoms. The fourth-order valence-corrected chi connectivity index (χ4v) is 4.67. The maximum Gasteiger partial charge on any atom is 0.326 e.